The van der Waals surface area contributed by atoms with Gasteiger partial charge in [0.2, 0.25) is 11.7 Å². The van der Waals surface area contributed by atoms with E-state index in [1.54, 1.807) is 12.3 Å². The molecule has 120 valence electrons. The fraction of sp³-hybridized carbons (Fsp3) is 0.333. The predicted molar refractivity (Wildman–Crippen MR) is 83.2 cm³/mol. The zero-order chi connectivity index (χ0) is 16.4. The molecule has 1 fully saturated rings. The molecule has 8 heteroatoms. The Balaban J connectivity index is 1.92. The molecule has 23 heavy (non-hydrogen) atoms. The number of ether oxygens (including phenoxy) is 1. The summed E-state index contributed by atoms with van der Waals surface area (Å²) in [6.45, 7) is 2.39. The van der Waals surface area contributed by atoms with Gasteiger partial charge in [0.1, 0.15) is 5.52 Å². The molecule has 0 spiro atoms. The van der Waals surface area contributed by atoms with Crippen LogP contribution in [0.2, 0.25) is 0 Å². The molecule has 0 bridgehead atoms. The highest BCUT2D eigenvalue weighted by Crippen LogP contribution is 2.34. The zero-order valence-electron chi connectivity index (χ0n) is 12.6. The number of fused-ring (bicyclic) bond motifs is 1. The van der Waals surface area contributed by atoms with Crippen molar-refractivity contribution < 1.29 is 14.5 Å². The minimum Gasteiger partial charge on any atom is -0.489 e. The molecule has 3 rings (SSSR count). The number of amides is 1. The fourth-order valence-electron chi connectivity index (χ4n) is 2.73. The van der Waals surface area contributed by atoms with Crippen molar-refractivity contribution in [2.75, 3.05) is 26.7 Å². The van der Waals surface area contributed by atoms with Crippen LogP contribution in [0.5, 0.6) is 5.75 Å². The smallest absolute Gasteiger partial charge is 0.313 e. The molecule has 0 unspecified atom stereocenters. The van der Waals surface area contributed by atoms with Crippen molar-refractivity contribution >= 4 is 22.5 Å². The molecular weight excluding hydrogens is 300 g/mol. The summed E-state index contributed by atoms with van der Waals surface area (Å²) in [5, 5.41) is 14.6. The molecule has 1 aromatic heterocycles. The molecule has 0 atom stereocenters. The molecule has 1 aliphatic heterocycles. The SMILES string of the molecule is COc1c([N+](=O)[O-])ccc2cc(CN3CCNC(=O)C3)cnc12. The van der Waals surface area contributed by atoms with Crippen molar-refractivity contribution in [1.82, 2.24) is 15.2 Å². The molecule has 2 aromatic rings. The molecule has 1 N–H and O–H groups in total. The maximum atomic E-state index is 11.4. The van der Waals surface area contributed by atoms with Crippen LogP contribution in [-0.4, -0.2) is 47.5 Å². The van der Waals surface area contributed by atoms with Gasteiger partial charge in [0.05, 0.1) is 18.6 Å². The van der Waals surface area contributed by atoms with Crippen LogP contribution < -0.4 is 10.1 Å². The predicted octanol–water partition coefficient (Wildman–Crippen LogP) is 1.08. The molecular formula is C15H16N4O4. The lowest BCUT2D eigenvalue weighted by atomic mass is 10.1. The molecule has 0 aliphatic carbocycles. The normalized spacial score (nSPS) is 15.4. The Morgan fingerprint density at radius 1 is 1.48 bits per heavy atom. The van der Waals surface area contributed by atoms with Crippen LogP contribution in [-0.2, 0) is 11.3 Å². The van der Waals surface area contributed by atoms with E-state index in [1.807, 2.05) is 11.0 Å². The van der Waals surface area contributed by atoms with E-state index in [9.17, 15) is 14.9 Å². The lowest BCUT2D eigenvalue weighted by Gasteiger charge is -2.26. The number of nitro groups is 1. The van der Waals surface area contributed by atoms with E-state index < -0.39 is 4.92 Å². The Morgan fingerprint density at radius 3 is 3.00 bits per heavy atom. The summed E-state index contributed by atoms with van der Waals surface area (Å²) in [7, 11) is 1.39. The van der Waals surface area contributed by atoms with Crippen LogP contribution >= 0.6 is 0 Å². The number of piperazine rings is 1. The van der Waals surface area contributed by atoms with E-state index >= 15 is 0 Å². The summed E-state index contributed by atoms with van der Waals surface area (Å²) in [6, 6.07) is 5.00. The van der Waals surface area contributed by atoms with Gasteiger partial charge >= 0.3 is 5.69 Å². The number of pyridine rings is 1. The van der Waals surface area contributed by atoms with Gasteiger partial charge in [-0.3, -0.25) is 24.8 Å². The number of hydrogen-bond acceptors (Lipinski definition) is 6. The summed E-state index contributed by atoms with van der Waals surface area (Å²) >= 11 is 0. The third-order valence-corrected chi connectivity index (χ3v) is 3.77. The first-order valence-corrected chi connectivity index (χ1v) is 7.17. The molecule has 2 heterocycles. The van der Waals surface area contributed by atoms with E-state index in [4.69, 9.17) is 4.74 Å². The number of hydrogen-bond donors (Lipinski definition) is 1. The standard InChI is InChI=1S/C15H16N4O4/c1-23-15-12(19(21)22)3-2-11-6-10(7-17-14(11)15)8-18-5-4-16-13(20)9-18/h2-3,6-7H,4-5,8-9H2,1H3,(H,16,20). The number of carbonyl (C=O) groups excluding carboxylic acids is 1. The first-order chi connectivity index (χ1) is 11.1. The highest BCUT2D eigenvalue weighted by atomic mass is 16.6. The van der Waals surface area contributed by atoms with Crippen molar-refractivity contribution in [3.8, 4) is 5.75 Å². The summed E-state index contributed by atoms with van der Waals surface area (Å²) in [6.07, 6.45) is 1.67. The second-order valence-corrected chi connectivity index (χ2v) is 5.35. The first kappa shape index (κ1) is 15.2. The van der Waals surface area contributed by atoms with Crippen molar-refractivity contribution in [3.63, 3.8) is 0 Å². The van der Waals surface area contributed by atoms with Crippen molar-refractivity contribution in [3.05, 3.63) is 40.1 Å². The number of nitrogens with zero attached hydrogens (tertiary/aromatic N) is 3. The van der Waals surface area contributed by atoms with Gasteiger partial charge < -0.3 is 10.1 Å². The summed E-state index contributed by atoms with van der Waals surface area (Å²) in [4.78, 5) is 28.3. The highest BCUT2D eigenvalue weighted by Gasteiger charge is 2.20. The van der Waals surface area contributed by atoms with Gasteiger partial charge in [-0.05, 0) is 17.7 Å². The topological polar surface area (TPSA) is 97.6 Å². The van der Waals surface area contributed by atoms with Gasteiger partial charge in [0, 0.05) is 37.3 Å². The fourth-order valence-corrected chi connectivity index (χ4v) is 2.73. The van der Waals surface area contributed by atoms with Crippen molar-refractivity contribution in [1.29, 1.82) is 0 Å². The van der Waals surface area contributed by atoms with Gasteiger partial charge in [-0.15, -0.1) is 0 Å². The minimum absolute atomic E-state index is 0.0160. The lowest BCUT2D eigenvalue weighted by molar-refractivity contribution is -0.385. The number of carbonyl (C=O) groups is 1. The Kier molecular flexibility index (Phi) is 4.07. The molecule has 1 saturated heterocycles. The zero-order valence-corrected chi connectivity index (χ0v) is 12.6. The molecule has 1 aliphatic rings. The summed E-state index contributed by atoms with van der Waals surface area (Å²) < 4.78 is 5.16. The number of methoxy groups -OCH3 is 1. The van der Waals surface area contributed by atoms with Gasteiger partial charge in [0.25, 0.3) is 0 Å². The number of rotatable bonds is 4. The molecule has 1 aromatic carbocycles. The monoisotopic (exact) mass is 316 g/mol. The van der Waals surface area contributed by atoms with Gasteiger partial charge in [-0.2, -0.15) is 0 Å². The highest BCUT2D eigenvalue weighted by molar-refractivity contribution is 5.88. The summed E-state index contributed by atoms with van der Waals surface area (Å²) in [5.41, 5.74) is 1.30. The second-order valence-electron chi connectivity index (χ2n) is 5.35. The van der Waals surface area contributed by atoms with Crippen molar-refractivity contribution in [2.45, 2.75) is 6.54 Å². The van der Waals surface area contributed by atoms with Crippen LogP contribution in [0.25, 0.3) is 10.9 Å². The minimum atomic E-state index is -0.486. The van der Waals surface area contributed by atoms with E-state index in [0.717, 1.165) is 17.5 Å². The third kappa shape index (κ3) is 3.07. The Morgan fingerprint density at radius 2 is 2.30 bits per heavy atom. The molecule has 0 radical (unpaired) electrons. The number of nitrogens with one attached hydrogen (secondary N) is 1. The largest absolute Gasteiger partial charge is 0.489 e. The molecule has 1 amide bonds. The van der Waals surface area contributed by atoms with Gasteiger partial charge in [-0.1, -0.05) is 0 Å². The van der Waals surface area contributed by atoms with Crippen LogP contribution in [0.3, 0.4) is 0 Å². The third-order valence-electron chi connectivity index (χ3n) is 3.77. The average molecular weight is 316 g/mol. The van der Waals surface area contributed by atoms with E-state index in [-0.39, 0.29) is 17.3 Å². The van der Waals surface area contributed by atoms with E-state index in [1.165, 1.54) is 13.2 Å². The van der Waals surface area contributed by atoms with Crippen LogP contribution in [0.1, 0.15) is 5.56 Å². The number of benzene rings is 1. The maximum Gasteiger partial charge on any atom is 0.313 e. The molecule has 8 nitrogen and oxygen atoms in total. The van der Waals surface area contributed by atoms with E-state index in [0.29, 0.717) is 25.2 Å². The van der Waals surface area contributed by atoms with Crippen LogP contribution in [0.15, 0.2) is 24.4 Å². The second kappa shape index (κ2) is 6.17. The number of nitro benzene ring substituents is 1. The Bertz CT molecular complexity index is 777. The van der Waals surface area contributed by atoms with Crippen LogP contribution in [0, 0.1) is 10.1 Å². The van der Waals surface area contributed by atoms with Gasteiger partial charge in [0.15, 0.2) is 0 Å². The summed E-state index contributed by atoms with van der Waals surface area (Å²) in [5.74, 6) is 0.179. The number of aromatic nitrogens is 1. The first-order valence-electron chi connectivity index (χ1n) is 7.17. The van der Waals surface area contributed by atoms with Crippen molar-refractivity contribution in [2.24, 2.45) is 0 Å². The molecule has 0 saturated carbocycles. The Hall–Kier alpha value is -2.74. The Labute approximate surface area is 132 Å². The quantitative estimate of drug-likeness (QED) is 0.669. The van der Waals surface area contributed by atoms with Gasteiger partial charge in [-0.25, -0.2) is 0 Å². The van der Waals surface area contributed by atoms with E-state index in [2.05, 4.69) is 10.3 Å². The lowest BCUT2D eigenvalue weighted by Crippen LogP contribution is -2.47. The average Bonchev–Trinajstić information content (AvgIpc) is 2.53. The van der Waals surface area contributed by atoms with Crippen LogP contribution in [0.4, 0.5) is 5.69 Å². The maximum absolute atomic E-state index is 11.4.